The molecule has 0 atom stereocenters. The van der Waals surface area contributed by atoms with E-state index in [4.69, 9.17) is 0 Å². The van der Waals surface area contributed by atoms with E-state index in [0.717, 1.165) is 17.7 Å². The fourth-order valence-electron chi connectivity index (χ4n) is 2.35. The van der Waals surface area contributed by atoms with Crippen LogP contribution in [0.1, 0.15) is 16.1 Å². The van der Waals surface area contributed by atoms with Gasteiger partial charge in [-0.1, -0.05) is 0 Å². The zero-order valence-corrected chi connectivity index (χ0v) is 14.1. The second kappa shape index (κ2) is 7.44. The van der Waals surface area contributed by atoms with Gasteiger partial charge in [-0.3, -0.25) is 19.4 Å². The number of nitrogens with one attached hydrogen (secondary N) is 1. The van der Waals surface area contributed by atoms with E-state index in [1.807, 2.05) is 0 Å². The monoisotopic (exact) mass is 377 g/mol. The molecule has 0 fully saturated rings. The molecule has 1 amide bonds. The molecule has 0 bridgehead atoms. The molecule has 140 valence electrons. The Hall–Kier alpha value is -3.43. The van der Waals surface area contributed by atoms with Crippen LogP contribution in [0.4, 0.5) is 13.2 Å². The summed E-state index contributed by atoms with van der Waals surface area (Å²) in [6.07, 6.45) is 1.67. The number of aryl methyl sites for hydroxylation is 1. The first-order chi connectivity index (χ1) is 12.8. The van der Waals surface area contributed by atoms with Crippen LogP contribution in [0.15, 0.2) is 49.1 Å². The Morgan fingerprint density at radius 2 is 1.89 bits per heavy atom. The summed E-state index contributed by atoms with van der Waals surface area (Å²) in [5.74, 6) is -0.858. The first-order valence-electron chi connectivity index (χ1n) is 7.75. The summed E-state index contributed by atoms with van der Waals surface area (Å²) in [6, 6.07) is 4.64. The Balaban J connectivity index is 1.68. The molecule has 0 aliphatic rings. The molecule has 3 rings (SSSR count). The lowest BCUT2D eigenvalue weighted by Crippen LogP contribution is -2.24. The summed E-state index contributed by atoms with van der Waals surface area (Å²) in [5, 5.41) is 6.75. The van der Waals surface area contributed by atoms with Crippen molar-refractivity contribution in [2.24, 2.45) is 7.05 Å². The summed E-state index contributed by atoms with van der Waals surface area (Å²) in [6.45, 7) is 0.0949. The molecule has 2 aromatic heterocycles. The van der Waals surface area contributed by atoms with Crippen molar-refractivity contribution in [2.45, 2.75) is 12.9 Å². The van der Waals surface area contributed by atoms with E-state index < -0.39 is 18.0 Å². The highest BCUT2D eigenvalue weighted by molar-refractivity contribution is 5.94. The smallest absolute Gasteiger partial charge is 0.406 e. The van der Waals surface area contributed by atoms with Crippen LogP contribution < -0.4 is 10.1 Å². The molecule has 0 unspecified atom stereocenters. The molecular formula is C17H14F3N5O2. The third kappa shape index (κ3) is 4.81. The van der Waals surface area contributed by atoms with Gasteiger partial charge in [0, 0.05) is 36.8 Å². The zero-order chi connectivity index (χ0) is 19.4. The average molecular weight is 377 g/mol. The van der Waals surface area contributed by atoms with Crippen molar-refractivity contribution in [3.8, 4) is 17.0 Å². The van der Waals surface area contributed by atoms with Crippen LogP contribution in [-0.4, -0.2) is 32.0 Å². The Kier molecular flexibility index (Phi) is 5.06. The van der Waals surface area contributed by atoms with E-state index in [2.05, 4.69) is 25.1 Å². The summed E-state index contributed by atoms with van der Waals surface area (Å²) in [4.78, 5) is 20.7. The van der Waals surface area contributed by atoms with Crippen LogP contribution in [0.3, 0.4) is 0 Å². The third-order valence-electron chi connectivity index (χ3n) is 3.52. The minimum absolute atomic E-state index is 0.0949. The Morgan fingerprint density at radius 1 is 1.19 bits per heavy atom. The van der Waals surface area contributed by atoms with Crippen LogP contribution in [0, 0.1) is 0 Å². The number of carbonyl (C=O) groups is 1. The van der Waals surface area contributed by atoms with E-state index in [0.29, 0.717) is 11.4 Å². The number of nitrogens with zero attached hydrogens (tertiary/aromatic N) is 4. The van der Waals surface area contributed by atoms with Gasteiger partial charge in [-0.2, -0.15) is 5.10 Å². The molecule has 2 heterocycles. The van der Waals surface area contributed by atoms with Gasteiger partial charge in [0.2, 0.25) is 0 Å². The minimum Gasteiger partial charge on any atom is -0.406 e. The SMILES string of the molecule is Cn1cc(-c2nccnc2CNC(=O)c2ccc(OC(F)(F)F)cc2)cn1. The van der Waals surface area contributed by atoms with E-state index in [1.165, 1.54) is 24.5 Å². The fraction of sp³-hybridized carbons (Fsp3) is 0.176. The number of rotatable bonds is 5. The Labute approximate surface area is 151 Å². The molecular weight excluding hydrogens is 363 g/mol. The number of aromatic nitrogens is 4. The molecule has 1 N–H and O–H groups in total. The lowest BCUT2D eigenvalue weighted by Gasteiger charge is -2.10. The first-order valence-corrected chi connectivity index (χ1v) is 7.75. The fourth-order valence-corrected chi connectivity index (χ4v) is 2.35. The normalized spacial score (nSPS) is 11.3. The van der Waals surface area contributed by atoms with Gasteiger partial charge in [0.05, 0.1) is 24.1 Å². The van der Waals surface area contributed by atoms with Crippen molar-refractivity contribution in [1.82, 2.24) is 25.1 Å². The highest BCUT2D eigenvalue weighted by Gasteiger charge is 2.31. The number of carbonyl (C=O) groups excluding carboxylic acids is 1. The number of ether oxygens (including phenoxy) is 1. The molecule has 0 aliphatic heterocycles. The van der Waals surface area contributed by atoms with Crippen LogP contribution >= 0.6 is 0 Å². The lowest BCUT2D eigenvalue weighted by molar-refractivity contribution is -0.274. The minimum atomic E-state index is -4.78. The van der Waals surface area contributed by atoms with Gasteiger partial charge in [-0.15, -0.1) is 13.2 Å². The van der Waals surface area contributed by atoms with Crippen molar-refractivity contribution in [3.05, 3.63) is 60.3 Å². The predicted octanol–water partition coefficient (Wildman–Crippen LogP) is 2.71. The highest BCUT2D eigenvalue weighted by atomic mass is 19.4. The maximum Gasteiger partial charge on any atom is 0.573 e. The van der Waals surface area contributed by atoms with Crippen LogP contribution in [0.5, 0.6) is 5.75 Å². The molecule has 0 saturated heterocycles. The maximum absolute atomic E-state index is 12.2. The zero-order valence-electron chi connectivity index (χ0n) is 14.1. The summed E-state index contributed by atoms with van der Waals surface area (Å²) < 4.78 is 41.9. The molecule has 3 aromatic rings. The lowest BCUT2D eigenvalue weighted by atomic mass is 10.1. The molecule has 10 heteroatoms. The predicted molar refractivity (Wildman–Crippen MR) is 88.5 cm³/mol. The van der Waals surface area contributed by atoms with E-state index in [1.54, 1.807) is 24.1 Å². The largest absolute Gasteiger partial charge is 0.573 e. The number of hydrogen-bond acceptors (Lipinski definition) is 5. The average Bonchev–Trinajstić information content (AvgIpc) is 3.05. The van der Waals surface area contributed by atoms with Crippen molar-refractivity contribution < 1.29 is 22.7 Å². The second-order valence-electron chi connectivity index (χ2n) is 5.51. The van der Waals surface area contributed by atoms with Gasteiger partial charge in [0.15, 0.2) is 0 Å². The maximum atomic E-state index is 12.2. The number of alkyl halides is 3. The molecule has 1 aromatic carbocycles. The van der Waals surface area contributed by atoms with Gasteiger partial charge in [-0.05, 0) is 24.3 Å². The molecule has 0 saturated carbocycles. The third-order valence-corrected chi connectivity index (χ3v) is 3.52. The quantitative estimate of drug-likeness (QED) is 0.739. The van der Waals surface area contributed by atoms with Crippen molar-refractivity contribution in [2.75, 3.05) is 0 Å². The topological polar surface area (TPSA) is 81.9 Å². The molecule has 0 radical (unpaired) electrons. The summed E-state index contributed by atoms with van der Waals surface area (Å²) in [7, 11) is 1.77. The first kappa shape index (κ1) is 18.4. The van der Waals surface area contributed by atoms with Gasteiger partial charge in [0.1, 0.15) is 5.75 Å². The molecule has 27 heavy (non-hydrogen) atoms. The molecule has 0 aliphatic carbocycles. The van der Waals surface area contributed by atoms with Crippen molar-refractivity contribution >= 4 is 5.91 Å². The van der Waals surface area contributed by atoms with Crippen molar-refractivity contribution in [3.63, 3.8) is 0 Å². The Bertz CT molecular complexity index is 938. The summed E-state index contributed by atoms with van der Waals surface area (Å²) >= 11 is 0. The van der Waals surface area contributed by atoms with E-state index in [-0.39, 0.29) is 12.1 Å². The second-order valence-corrected chi connectivity index (χ2v) is 5.51. The van der Waals surface area contributed by atoms with Crippen LogP contribution in [0.2, 0.25) is 0 Å². The van der Waals surface area contributed by atoms with E-state index in [9.17, 15) is 18.0 Å². The molecule has 0 spiro atoms. The standard InChI is InChI=1S/C17H14F3N5O2/c1-25-10-12(8-24-25)15-14(21-6-7-22-15)9-23-16(26)11-2-4-13(5-3-11)27-17(18,19)20/h2-8,10H,9H2,1H3,(H,23,26). The summed E-state index contributed by atoms with van der Waals surface area (Å²) in [5.41, 5.74) is 2.07. The highest BCUT2D eigenvalue weighted by Crippen LogP contribution is 2.23. The van der Waals surface area contributed by atoms with Crippen LogP contribution in [0.25, 0.3) is 11.3 Å². The number of halogens is 3. The number of hydrogen-bond donors (Lipinski definition) is 1. The Morgan fingerprint density at radius 3 is 2.52 bits per heavy atom. The number of amides is 1. The molecule has 7 nitrogen and oxygen atoms in total. The van der Waals surface area contributed by atoms with Gasteiger partial charge in [0.25, 0.3) is 5.91 Å². The van der Waals surface area contributed by atoms with Gasteiger partial charge < -0.3 is 10.1 Å². The van der Waals surface area contributed by atoms with E-state index >= 15 is 0 Å². The van der Waals surface area contributed by atoms with Gasteiger partial charge in [-0.25, -0.2) is 0 Å². The van der Waals surface area contributed by atoms with Gasteiger partial charge >= 0.3 is 6.36 Å². The number of benzene rings is 1. The van der Waals surface area contributed by atoms with Crippen molar-refractivity contribution in [1.29, 1.82) is 0 Å². The van der Waals surface area contributed by atoms with Crippen LogP contribution in [-0.2, 0) is 13.6 Å².